The number of rotatable bonds is 3. The monoisotopic (exact) mass is 341 g/mol. The number of anilines is 1. The van der Waals surface area contributed by atoms with Crippen molar-refractivity contribution in [2.45, 2.75) is 18.9 Å². The maximum absolute atomic E-state index is 11.9. The number of imide groups is 1. The highest BCUT2D eigenvalue weighted by atomic mass is 79.9. The van der Waals surface area contributed by atoms with Gasteiger partial charge in [0.25, 0.3) is 5.91 Å². The Hall–Kier alpha value is -1.96. The lowest BCUT2D eigenvalue weighted by molar-refractivity contribution is -0.146. The highest BCUT2D eigenvalue weighted by Crippen LogP contribution is 2.21. The van der Waals surface area contributed by atoms with Crippen molar-refractivity contribution >= 4 is 39.5 Å². The van der Waals surface area contributed by atoms with E-state index in [0.717, 1.165) is 4.90 Å². The van der Waals surface area contributed by atoms with Crippen LogP contribution in [0, 0.1) is 0 Å². The minimum atomic E-state index is -1.14. The summed E-state index contributed by atoms with van der Waals surface area (Å²) >= 11 is 3.15. The third kappa shape index (κ3) is 2.79. The van der Waals surface area contributed by atoms with E-state index in [1.54, 1.807) is 0 Å². The molecule has 1 aliphatic rings. The van der Waals surface area contributed by atoms with Crippen LogP contribution in [-0.4, -0.2) is 45.9 Å². The predicted molar refractivity (Wildman–Crippen MR) is 73.3 cm³/mol. The Labute approximate surface area is 123 Å². The number of likely N-dealkylation sites (N-methyl/N-ethyl adjacent to an activating group) is 1. The summed E-state index contributed by atoms with van der Waals surface area (Å²) in [6.07, 6.45) is 1.99. The van der Waals surface area contributed by atoms with E-state index in [-0.39, 0.29) is 29.6 Å². The Bertz CT molecular complexity index is 590. The minimum Gasteiger partial charge on any atom is -0.478 e. The fourth-order valence-corrected chi connectivity index (χ4v) is 2.26. The van der Waals surface area contributed by atoms with Crippen LogP contribution in [0.5, 0.6) is 0 Å². The molecule has 0 bridgehead atoms. The number of aromatic carboxylic acids is 1. The fraction of sp³-hybridized carbons (Fsp3) is 0.333. The number of halogens is 1. The first kappa shape index (κ1) is 14.4. The van der Waals surface area contributed by atoms with Crippen molar-refractivity contribution < 1.29 is 19.5 Å². The molecule has 1 unspecified atom stereocenters. The number of likely N-dealkylation sites (tertiary alicyclic amines) is 1. The molecule has 20 heavy (non-hydrogen) atoms. The van der Waals surface area contributed by atoms with Gasteiger partial charge in [-0.15, -0.1) is 0 Å². The van der Waals surface area contributed by atoms with Gasteiger partial charge in [0.1, 0.15) is 17.4 Å². The molecular formula is C12H12BrN3O4. The van der Waals surface area contributed by atoms with Gasteiger partial charge in [-0.1, -0.05) is 0 Å². The number of piperidine rings is 1. The van der Waals surface area contributed by atoms with Crippen LogP contribution in [0.1, 0.15) is 23.2 Å². The van der Waals surface area contributed by atoms with Crippen molar-refractivity contribution in [2.75, 3.05) is 12.4 Å². The molecule has 0 aromatic carbocycles. The second-order valence-corrected chi connectivity index (χ2v) is 5.30. The van der Waals surface area contributed by atoms with Gasteiger partial charge in [0, 0.05) is 24.1 Å². The minimum absolute atomic E-state index is 0.0354. The van der Waals surface area contributed by atoms with Gasteiger partial charge in [-0.05, 0) is 28.4 Å². The average molecular weight is 342 g/mol. The molecule has 1 fully saturated rings. The van der Waals surface area contributed by atoms with E-state index in [0.29, 0.717) is 10.9 Å². The average Bonchev–Trinajstić information content (AvgIpc) is 2.41. The van der Waals surface area contributed by atoms with E-state index < -0.39 is 12.0 Å². The van der Waals surface area contributed by atoms with Crippen LogP contribution in [0.2, 0.25) is 0 Å². The molecule has 2 heterocycles. The molecule has 1 atom stereocenters. The van der Waals surface area contributed by atoms with Crippen molar-refractivity contribution in [1.82, 2.24) is 9.88 Å². The number of amides is 2. The summed E-state index contributed by atoms with van der Waals surface area (Å²) in [5, 5.41) is 11.9. The number of carboxylic acids is 1. The van der Waals surface area contributed by atoms with E-state index >= 15 is 0 Å². The first-order chi connectivity index (χ1) is 9.40. The lowest BCUT2D eigenvalue weighted by Crippen LogP contribution is -2.48. The van der Waals surface area contributed by atoms with Gasteiger partial charge in [0.15, 0.2) is 0 Å². The number of nitrogens with one attached hydrogen (secondary N) is 1. The van der Waals surface area contributed by atoms with Crippen molar-refractivity contribution in [1.29, 1.82) is 0 Å². The molecule has 8 heteroatoms. The Balaban J connectivity index is 2.24. The van der Waals surface area contributed by atoms with Crippen molar-refractivity contribution in [3.05, 3.63) is 22.3 Å². The lowest BCUT2D eigenvalue weighted by atomic mass is 10.0. The number of carboxylic acid groups (broad SMARTS) is 1. The number of carbonyl (C=O) groups is 3. The summed E-state index contributed by atoms with van der Waals surface area (Å²) in [5.41, 5.74) is -0.0354. The first-order valence-electron chi connectivity index (χ1n) is 5.86. The molecule has 106 valence electrons. The van der Waals surface area contributed by atoms with E-state index in [4.69, 9.17) is 5.11 Å². The topological polar surface area (TPSA) is 99.6 Å². The third-order valence-electron chi connectivity index (χ3n) is 3.05. The SMILES string of the molecule is CN1C(=O)CCC(Nc2ncc(Br)cc2C(=O)O)C1=O. The van der Waals surface area contributed by atoms with Crippen LogP contribution in [0.4, 0.5) is 5.82 Å². The number of pyridine rings is 1. The highest BCUT2D eigenvalue weighted by molar-refractivity contribution is 9.10. The Morgan fingerprint density at radius 3 is 2.90 bits per heavy atom. The maximum atomic E-state index is 11.9. The summed E-state index contributed by atoms with van der Waals surface area (Å²) in [4.78, 5) is 39.5. The van der Waals surface area contributed by atoms with Gasteiger partial charge >= 0.3 is 5.97 Å². The van der Waals surface area contributed by atoms with Crippen LogP contribution in [0.3, 0.4) is 0 Å². The molecule has 1 aromatic heterocycles. The second-order valence-electron chi connectivity index (χ2n) is 4.38. The smallest absolute Gasteiger partial charge is 0.339 e. The first-order valence-corrected chi connectivity index (χ1v) is 6.65. The molecule has 0 aliphatic carbocycles. The molecule has 0 spiro atoms. The number of carbonyl (C=O) groups excluding carboxylic acids is 2. The largest absolute Gasteiger partial charge is 0.478 e. The molecular weight excluding hydrogens is 330 g/mol. The Kier molecular flexibility index (Phi) is 4.03. The van der Waals surface area contributed by atoms with E-state index in [9.17, 15) is 14.4 Å². The molecule has 2 rings (SSSR count). The molecule has 1 aliphatic heterocycles. The maximum Gasteiger partial charge on any atom is 0.339 e. The zero-order valence-corrected chi connectivity index (χ0v) is 12.2. The van der Waals surface area contributed by atoms with E-state index in [1.165, 1.54) is 19.3 Å². The molecule has 0 radical (unpaired) electrons. The predicted octanol–water partition coefficient (Wildman–Crippen LogP) is 1.10. The quantitative estimate of drug-likeness (QED) is 0.798. The lowest BCUT2D eigenvalue weighted by Gasteiger charge is -2.28. The molecule has 1 aromatic rings. The van der Waals surface area contributed by atoms with E-state index in [2.05, 4.69) is 26.2 Å². The molecule has 1 saturated heterocycles. The van der Waals surface area contributed by atoms with Gasteiger partial charge < -0.3 is 10.4 Å². The van der Waals surface area contributed by atoms with Crippen molar-refractivity contribution in [3.8, 4) is 0 Å². The van der Waals surface area contributed by atoms with Gasteiger partial charge in [-0.3, -0.25) is 14.5 Å². The highest BCUT2D eigenvalue weighted by Gasteiger charge is 2.32. The van der Waals surface area contributed by atoms with Crippen LogP contribution in [0.15, 0.2) is 16.7 Å². The van der Waals surface area contributed by atoms with Crippen LogP contribution in [0.25, 0.3) is 0 Å². The summed E-state index contributed by atoms with van der Waals surface area (Å²) in [6.45, 7) is 0. The zero-order chi connectivity index (χ0) is 14.9. The molecule has 0 saturated carbocycles. The van der Waals surface area contributed by atoms with Crippen molar-refractivity contribution in [2.24, 2.45) is 0 Å². The molecule has 2 amide bonds. The third-order valence-corrected chi connectivity index (χ3v) is 3.48. The molecule has 7 nitrogen and oxygen atoms in total. The Morgan fingerprint density at radius 2 is 2.25 bits per heavy atom. The summed E-state index contributed by atoms with van der Waals surface area (Å²) in [5.74, 6) is -1.66. The van der Waals surface area contributed by atoms with Gasteiger partial charge in [-0.25, -0.2) is 9.78 Å². The van der Waals surface area contributed by atoms with Crippen LogP contribution >= 0.6 is 15.9 Å². The standard InChI is InChI=1S/C12H12BrN3O4/c1-16-9(17)3-2-8(11(16)18)15-10-7(12(19)20)4-6(13)5-14-10/h4-5,8H,2-3H2,1H3,(H,14,15)(H,19,20). The summed E-state index contributed by atoms with van der Waals surface area (Å²) in [6, 6.07) is 0.754. The number of hydrogen-bond acceptors (Lipinski definition) is 5. The normalized spacial score (nSPS) is 19.1. The summed E-state index contributed by atoms with van der Waals surface area (Å²) in [7, 11) is 1.41. The van der Waals surface area contributed by atoms with Gasteiger partial charge in [0.05, 0.1) is 0 Å². The Morgan fingerprint density at radius 1 is 1.55 bits per heavy atom. The van der Waals surface area contributed by atoms with Crippen LogP contribution in [-0.2, 0) is 9.59 Å². The number of aromatic nitrogens is 1. The van der Waals surface area contributed by atoms with Gasteiger partial charge in [-0.2, -0.15) is 0 Å². The van der Waals surface area contributed by atoms with Gasteiger partial charge in [0.2, 0.25) is 5.91 Å². The zero-order valence-electron chi connectivity index (χ0n) is 10.6. The van der Waals surface area contributed by atoms with Crippen molar-refractivity contribution in [3.63, 3.8) is 0 Å². The number of hydrogen-bond donors (Lipinski definition) is 2. The fourth-order valence-electron chi connectivity index (χ4n) is 1.93. The molecule has 2 N–H and O–H groups in total. The van der Waals surface area contributed by atoms with E-state index in [1.807, 2.05) is 0 Å². The second kappa shape index (κ2) is 5.58. The number of nitrogens with zero attached hydrogens (tertiary/aromatic N) is 2. The van der Waals surface area contributed by atoms with Crippen LogP contribution < -0.4 is 5.32 Å². The summed E-state index contributed by atoms with van der Waals surface area (Å²) < 4.78 is 0.530.